The summed E-state index contributed by atoms with van der Waals surface area (Å²) in [5.74, 6) is -2.92. The van der Waals surface area contributed by atoms with Gasteiger partial charge in [-0.05, 0) is 29.8 Å². The Bertz CT molecular complexity index is 1230. The molecule has 4 rings (SSSR count). The van der Waals surface area contributed by atoms with Gasteiger partial charge in [0.25, 0.3) is 0 Å². The van der Waals surface area contributed by atoms with Crippen molar-refractivity contribution < 1.29 is 9.47 Å². The summed E-state index contributed by atoms with van der Waals surface area (Å²) in [4.78, 5) is 0. The van der Waals surface area contributed by atoms with E-state index in [0.29, 0.717) is 21.7 Å². The van der Waals surface area contributed by atoms with Gasteiger partial charge in [-0.15, -0.1) is 0 Å². The Balaban J connectivity index is 2.02. The van der Waals surface area contributed by atoms with Crippen LogP contribution in [0.5, 0.6) is 0 Å². The minimum Gasteiger partial charge on any atom is -0.443 e. The van der Waals surface area contributed by atoms with Crippen molar-refractivity contribution in [2.75, 3.05) is 0 Å². The van der Waals surface area contributed by atoms with Crippen LogP contribution in [-0.2, 0) is 15.3 Å². The van der Waals surface area contributed by atoms with E-state index in [1.807, 2.05) is 18.2 Å². The quantitative estimate of drug-likeness (QED) is 0.757. The van der Waals surface area contributed by atoms with Crippen LogP contribution in [0, 0.1) is 67.5 Å². The summed E-state index contributed by atoms with van der Waals surface area (Å²) in [5, 5.41) is 48.8. The fourth-order valence-electron chi connectivity index (χ4n) is 4.58. The highest BCUT2D eigenvalue weighted by Crippen LogP contribution is 2.68. The third-order valence-corrected chi connectivity index (χ3v) is 6.51. The van der Waals surface area contributed by atoms with Gasteiger partial charge in [0, 0.05) is 10.6 Å². The molecule has 150 valence electrons. The Morgan fingerprint density at radius 2 is 1.55 bits per heavy atom. The van der Waals surface area contributed by atoms with Gasteiger partial charge in [-0.3, -0.25) is 5.41 Å². The maximum atomic E-state index is 10.3. The van der Waals surface area contributed by atoms with Gasteiger partial charge in [-0.1, -0.05) is 42.8 Å². The lowest BCUT2D eigenvalue weighted by Crippen LogP contribution is -2.57. The molecule has 4 unspecified atom stereocenters. The molecule has 8 heteroatoms. The van der Waals surface area contributed by atoms with Crippen molar-refractivity contribution >= 4 is 17.5 Å². The predicted octanol–water partition coefficient (Wildman–Crippen LogP) is 4.32. The Hall–Kier alpha value is -3.88. The number of benzene rings is 2. The lowest BCUT2D eigenvalue weighted by molar-refractivity contribution is -0.288. The maximum Gasteiger partial charge on any atom is 0.244 e. The van der Waals surface area contributed by atoms with Gasteiger partial charge >= 0.3 is 0 Å². The van der Waals surface area contributed by atoms with Gasteiger partial charge in [0.1, 0.15) is 6.10 Å². The van der Waals surface area contributed by atoms with Gasteiger partial charge in [0.15, 0.2) is 5.41 Å². The third-order valence-electron chi connectivity index (χ3n) is 6.26. The van der Waals surface area contributed by atoms with Crippen LogP contribution in [0.3, 0.4) is 0 Å². The number of nitrogens with zero attached hydrogens (tertiary/aromatic N) is 4. The second-order valence-corrected chi connectivity index (χ2v) is 7.95. The van der Waals surface area contributed by atoms with Crippen molar-refractivity contribution in [1.29, 1.82) is 26.5 Å². The molecule has 1 N–H and O–H groups in total. The molecular weight excluding hydrogens is 414 g/mol. The molecule has 7 nitrogen and oxygen atoms in total. The first-order chi connectivity index (χ1) is 14.8. The number of hydrogen-bond acceptors (Lipinski definition) is 7. The number of nitrogens with one attached hydrogen (secondary N) is 1. The van der Waals surface area contributed by atoms with E-state index in [4.69, 9.17) is 31.7 Å². The molecule has 2 aromatic rings. The minimum atomic E-state index is -2.06. The van der Waals surface area contributed by atoms with Gasteiger partial charge in [0.2, 0.25) is 17.1 Å². The van der Waals surface area contributed by atoms with Crippen LogP contribution in [0.25, 0.3) is 0 Å². The molecule has 0 spiro atoms. The molecule has 0 saturated carbocycles. The Labute approximate surface area is 183 Å². The maximum absolute atomic E-state index is 10.3. The molecule has 2 aliphatic heterocycles. The van der Waals surface area contributed by atoms with Crippen LogP contribution in [0.4, 0.5) is 0 Å². The summed E-state index contributed by atoms with van der Waals surface area (Å²) in [7, 11) is 0. The number of ether oxygens (including phenoxy) is 2. The lowest BCUT2D eigenvalue weighted by Gasteiger charge is -2.48. The van der Waals surface area contributed by atoms with E-state index in [9.17, 15) is 15.8 Å². The van der Waals surface area contributed by atoms with E-state index in [1.165, 1.54) is 0 Å². The van der Waals surface area contributed by atoms with E-state index in [2.05, 4.69) is 6.07 Å². The molecule has 2 bridgehead atoms. The minimum absolute atomic E-state index is 0.391. The molecule has 0 aliphatic carbocycles. The van der Waals surface area contributed by atoms with Crippen LogP contribution >= 0.6 is 11.6 Å². The van der Waals surface area contributed by atoms with Crippen molar-refractivity contribution in [2.24, 2.45) is 16.7 Å². The zero-order valence-corrected chi connectivity index (χ0v) is 17.0. The van der Waals surface area contributed by atoms with E-state index >= 15 is 0 Å². The average molecular weight is 428 g/mol. The van der Waals surface area contributed by atoms with E-state index < -0.39 is 34.5 Å². The zero-order valence-electron chi connectivity index (χ0n) is 16.3. The van der Waals surface area contributed by atoms with Gasteiger partial charge < -0.3 is 9.47 Å². The lowest BCUT2D eigenvalue weighted by atomic mass is 9.53. The molecule has 31 heavy (non-hydrogen) atoms. The SMILES string of the molecule is CC1C2(c3ccc(Cl)cc3)OC(=N)C1(C#N)C(C#N)(C#N)C(c1ccc(C#N)cc1)O2. The highest BCUT2D eigenvalue weighted by Gasteiger charge is 2.79. The summed E-state index contributed by atoms with van der Waals surface area (Å²) in [5.41, 5.74) is -2.62. The van der Waals surface area contributed by atoms with Crippen LogP contribution in [0.2, 0.25) is 5.02 Å². The first-order valence-electron chi connectivity index (χ1n) is 9.31. The van der Waals surface area contributed by atoms with Gasteiger partial charge in [-0.25, -0.2) is 0 Å². The van der Waals surface area contributed by atoms with Crippen LogP contribution in [-0.4, -0.2) is 5.90 Å². The highest BCUT2D eigenvalue weighted by molar-refractivity contribution is 6.30. The summed E-state index contributed by atoms with van der Waals surface area (Å²) in [6.45, 7) is 1.64. The van der Waals surface area contributed by atoms with Crippen LogP contribution < -0.4 is 0 Å². The number of hydrogen-bond donors (Lipinski definition) is 1. The highest BCUT2D eigenvalue weighted by atomic mass is 35.5. The molecule has 2 aromatic carbocycles. The topological polar surface area (TPSA) is 137 Å². The zero-order chi connectivity index (χ0) is 22.4. The molecule has 2 aliphatic rings. The molecule has 2 saturated heterocycles. The number of nitriles is 4. The standard InChI is InChI=1S/C23H14ClN5O2/c1-14-22(13-28)20(29)31-23(14,17-6-8-18(24)9-7-17)30-19(21(22,11-26)12-27)16-4-2-15(10-25)3-5-16/h2-9,14,19,29H,1H3. The van der Waals surface area contributed by atoms with Gasteiger partial charge in [0.05, 0.1) is 35.8 Å². The Kier molecular flexibility index (Phi) is 4.49. The fraction of sp³-hybridized carbons (Fsp3) is 0.261. The molecule has 2 fully saturated rings. The Morgan fingerprint density at radius 3 is 2.06 bits per heavy atom. The van der Waals surface area contributed by atoms with Crippen molar-refractivity contribution in [3.63, 3.8) is 0 Å². The monoisotopic (exact) mass is 427 g/mol. The Morgan fingerprint density at radius 1 is 0.935 bits per heavy atom. The van der Waals surface area contributed by atoms with Gasteiger partial charge in [-0.2, -0.15) is 21.0 Å². The normalized spacial score (nSPS) is 30.2. The predicted molar refractivity (Wildman–Crippen MR) is 108 cm³/mol. The molecule has 2 heterocycles. The average Bonchev–Trinajstić information content (AvgIpc) is 2.96. The molecule has 0 aromatic heterocycles. The number of fused-ring (bicyclic) bond motifs is 2. The molecular formula is C23H14ClN5O2. The summed E-state index contributed by atoms with van der Waals surface area (Å²) < 4.78 is 12.3. The van der Waals surface area contributed by atoms with Crippen molar-refractivity contribution in [3.8, 4) is 24.3 Å². The van der Waals surface area contributed by atoms with Crippen molar-refractivity contribution in [2.45, 2.75) is 18.8 Å². The van der Waals surface area contributed by atoms with E-state index in [0.717, 1.165) is 0 Å². The first-order valence-corrected chi connectivity index (χ1v) is 9.68. The summed E-state index contributed by atoms with van der Waals surface area (Å²) in [6, 6.07) is 20.9. The van der Waals surface area contributed by atoms with E-state index in [-0.39, 0.29) is 0 Å². The summed E-state index contributed by atoms with van der Waals surface area (Å²) >= 11 is 6.02. The summed E-state index contributed by atoms with van der Waals surface area (Å²) in [6.07, 6.45) is -1.22. The van der Waals surface area contributed by atoms with Crippen LogP contribution in [0.1, 0.15) is 29.7 Å². The number of rotatable bonds is 2. The second-order valence-electron chi connectivity index (χ2n) is 7.51. The van der Waals surface area contributed by atoms with E-state index in [1.54, 1.807) is 55.5 Å². The largest absolute Gasteiger partial charge is 0.443 e. The third kappa shape index (κ3) is 2.37. The number of halogens is 1. The second kappa shape index (κ2) is 6.83. The first kappa shape index (κ1) is 20.4. The molecule has 0 radical (unpaired) electrons. The molecule has 0 amide bonds. The smallest absolute Gasteiger partial charge is 0.244 e. The van der Waals surface area contributed by atoms with Crippen molar-refractivity contribution in [3.05, 3.63) is 70.2 Å². The molecule has 4 atom stereocenters. The van der Waals surface area contributed by atoms with Crippen LogP contribution in [0.15, 0.2) is 48.5 Å². The fourth-order valence-corrected chi connectivity index (χ4v) is 4.71. The van der Waals surface area contributed by atoms with Crippen molar-refractivity contribution in [1.82, 2.24) is 0 Å².